The van der Waals surface area contributed by atoms with Crippen LogP contribution in [0.15, 0.2) is 23.0 Å². The fourth-order valence-electron chi connectivity index (χ4n) is 2.77. The molecule has 0 bridgehead atoms. The van der Waals surface area contributed by atoms with Crippen LogP contribution < -0.4 is 5.69 Å². The number of halogens is 1. The molecule has 1 fully saturated rings. The number of likely N-dealkylation sites (tertiary alicyclic amines) is 1. The van der Waals surface area contributed by atoms with Crippen molar-refractivity contribution in [2.24, 2.45) is 0 Å². The summed E-state index contributed by atoms with van der Waals surface area (Å²) in [6.45, 7) is 0.971. The molecular formula is C13H16FN3O. The highest BCUT2D eigenvalue weighted by Gasteiger charge is 2.24. The molecule has 18 heavy (non-hydrogen) atoms. The Morgan fingerprint density at radius 1 is 1.39 bits per heavy atom. The summed E-state index contributed by atoms with van der Waals surface area (Å²) in [6, 6.07) is 4.41. The normalized spacial score (nSPS) is 21.6. The predicted octanol–water partition coefficient (Wildman–Crippen LogP) is 2.08. The van der Waals surface area contributed by atoms with E-state index in [4.69, 9.17) is 0 Å². The van der Waals surface area contributed by atoms with Crippen molar-refractivity contribution < 1.29 is 4.39 Å². The van der Waals surface area contributed by atoms with Gasteiger partial charge in [0, 0.05) is 0 Å². The number of aromatic amines is 1. The molecule has 4 nitrogen and oxygen atoms in total. The highest BCUT2D eigenvalue weighted by molar-refractivity contribution is 5.75. The van der Waals surface area contributed by atoms with Crippen molar-refractivity contribution in [3.63, 3.8) is 0 Å². The summed E-state index contributed by atoms with van der Waals surface area (Å²) in [6.07, 6.45) is 3.21. The van der Waals surface area contributed by atoms with Gasteiger partial charge in [-0.1, -0.05) is 0 Å². The Hall–Kier alpha value is -1.62. The van der Waals surface area contributed by atoms with Gasteiger partial charge in [-0.2, -0.15) is 0 Å². The van der Waals surface area contributed by atoms with Gasteiger partial charge < -0.3 is 4.98 Å². The second-order valence-corrected chi connectivity index (χ2v) is 4.92. The van der Waals surface area contributed by atoms with Crippen molar-refractivity contribution in [3.05, 3.63) is 34.5 Å². The van der Waals surface area contributed by atoms with Gasteiger partial charge >= 0.3 is 5.69 Å². The Bertz CT molecular complexity index is 631. The van der Waals surface area contributed by atoms with Crippen molar-refractivity contribution in [1.82, 2.24) is 14.5 Å². The number of benzene rings is 1. The zero-order valence-electron chi connectivity index (χ0n) is 10.3. The van der Waals surface area contributed by atoms with Crippen LogP contribution in [0.3, 0.4) is 0 Å². The van der Waals surface area contributed by atoms with Crippen molar-refractivity contribution in [1.29, 1.82) is 0 Å². The fraction of sp³-hybridized carbons (Fsp3) is 0.462. The number of piperidine rings is 1. The molecule has 0 radical (unpaired) electrons. The highest BCUT2D eigenvalue weighted by Crippen LogP contribution is 2.26. The fourth-order valence-corrected chi connectivity index (χ4v) is 2.77. The maximum absolute atomic E-state index is 13.3. The SMILES string of the molecule is CN1CCCCC1n1c(=O)[nH]c2ccc(F)cc21. The van der Waals surface area contributed by atoms with Crippen LogP contribution in [-0.4, -0.2) is 28.0 Å². The van der Waals surface area contributed by atoms with Gasteiger partial charge in [-0.05, 0) is 51.1 Å². The van der Waals surface area contributed by atoms with Crippen molar-refractivity contribution in [2.75, 3.05) is 13.6 Å². The van der Waals surface area contributed by atoms with E-state index in [1.165, 1.54) is 12.1 Å². The summed E-state index contributed by atoms with van der Waals surface area (Å²) in [5.74, 6) is -0.311. The lowest BCUT2D eigenvalue weighted by Crippen LogP contribution is -2.37. The maximum atomic E-state index is 13.3. The molecule has 2 aromatic rings. The van der Waals surface area contributed by atoms with E-state index in [0.29, 0.717) is 11.0 Å². The molecule has 1 atom stereocenters. The van der Waals surface area contributed by atoms with E-state index < -0.39 is 0 Å². The van der Waals surface area contributed by atoms with Gasteiger partial charge in [-0.15, -0.1) is 0 Å². The Labute approximate surface area is 104 Å². The monoisotopic (exact) mass is 249 g/mol. The molecule has 1 unspecified atom stereocenters. The number of aromatic nitrogens is 2. The van der Waals surface area contributed by atoms with Crippen LogP contribution in [-0.2, 0) is 0 Å². The molecule has 1 aliphatic heterocycles. The molecule has 1 aliphatic rings. The Morgan fingerprint density at radius 2 is 2.22 bits per heavy atom. The van der Waals surface area contributed by atoms with Crippen molar-refractivity contribution in [2.45, 2.75) is 25.4 Å². The lowest BCUT2D eigenvalue weighted by Gasteiger charge is -2.33. The Balaban J connectivity index is 2.18. The second-order valence-electron chi connectivity index (χ2n) is 4.92. The molecule has 1 aromatic carbocycles. The third-order valence-corrected chi connectivity index (χ3v) is 3.71. The number of hydrogen-bond acceptors (Lipinski definition) is 2. The first-order valence-corrected chi connectivity index (χ1v) is 6.27. The Morgan fingerprint density at radius 3 is 3.00 bits per heavy atom. The van der Waals surface area contributed by atoms with Gasteiger partial charge in [0.05, 0.1) is 17.2 Å². The summed E-state index contributed by atoms with van der Waals surface area (Å²) in [5.41, 5.74) is 1.19. The third-order valence-electron chi connectivity index (χ3n) is 3.71. The summed E-state index contributed by atoms with van der Waals surface area (Å²) in [4.78, 5) is 17.0. The molecular weight excluding hydrogens is 233 g/mol. The number of H-pyrrole nitrogens is 1. The molecule has 0 amide bonds. The summed E-state index contributed by atoms with van der Waals surface area (Å²) in [7, 11) is 2.01. The minimum atomic E-state index is -0.311. The number of hydrogen-bond donors (Lipinski definition) is 1. The minimum Gasteiger partial charge on any atom is -0.305 e. The van der Waals surface area contributed by atoms with Crippen LogP contribution in [0.1, 0.15) is 25.4 Å². The van der Waals surface area contributed by atoms with E-state index >= 15 is 0 Å². The molecule has 0 spiro atoms. The lowest BCUT2D eigenvalue weighted by molar-refractivity contribution is 0.128. The summed E-state index contributed by atoms with van der Waals surface area (Å²) < 4.78 is 15.0. The second kappa shape index (κ2) is 4.24. The van der Waals surface area contributed by atoms with Crippen molar-refractivity contribution in [3.8, 4) is 0 Å². The molecule has 1 N–H and O–H groups in total. The first-order valence-electron chi connectivity index (χ1n) is 6.27. The van der Waals surface area contributed by atoms with Gasteiger partial charge in [0.25, 0.3) is 0 Å². The summed E-state index contributed by atoms with van der Waals surface area (Å²) in [5, 5.41) is 0. The zero-order valence-corrected chi connectivity index (χ0v) is 10.3. The summed E-state index contributed by atoms with van der Waals surface area (Å²) >= 11 is 0. The van der Waals surface area contributed by atoms with Gasteiger partial charge in [0.1, 0.15) is 5.82 Å². The molecule has 0 aliphatic carbocycles. The van der Waals surface area contributed by atoms with Gasteiger partial charge in [0.2, 0.25) is 0 Å². The number of fused-ring (bicyclic) bond motifs is 1. The van der Waals surface area contributed by atoms with E-state index in [2.05, 4.69) is 9.88 Å². The average molecular weight is 249 g/mol. The molecule has 5 heteroatoms. The molecule has 1 aromatic heterocycles. The van der Waals surface area contributed by atoms with Gasteiger partial charge in [-0.25, -0.2) is 9.18 Å². The Kier molecular flexibility index (Phi) is 2.70. The first-order chi connectivity index (χ1) is 8.66. The van der Waals surface area contributed by atoms with E-state index in [0.717, 1.165) is 25.8 Å². The van der Waals surface area contributed by atoms with Gasteiger partial charge in [0.15, 0.2) is 0 Å². The van der Waals surface area contributed by atoms with Crippen LogP contribution in [0.2, 0.25) is 0 Å². The van der Waals surface area contributed by atoms with Crippen LogP contribution in [0.5, 0.6) is 0 Å². The van der Waals surface area contributed by atoms with E-state index in [1.54, 1.807) is 10.6 Å². The van der Waals surface area contributed by atoms with Crippen LogP contribution in [0.25, 0.3) is 11.0 Å². The van der Waals surface area contributed by atoms with E-state index in [-0.39, 0.29) is 17.7 Å². The highest BCUT2D eigenvalue weighted by atomic mass is 19.1. The zero-order chi connectivity index (χ0) is 12.7. The van der Waals surface area contributed by atoms with Crippen molar-refractivity contribution >= 4 is 11.0 Å². The number of nitrogens with zero attached hydrogens (tertiary/aromatic N) is 2. The molecule has 0 saturated carbocycles. The largest absolute Gasteiger partial charge is 0.327 e. The maximum Gasteiger partial charge on any atom is 0.327 e. The average Bonchev–Trinajstić information content (AvgIpc) is 2.66. The molecule has 3 rings (SSSR count). The van der Waals surface area contributed by atoms with Crippen LogP contribution in [0.4, 0.5) is 4.39 Å². The molecule has 96 valence electrons. The number of imidazole rings is 1. The first kappa shape index (κ1) is 11.5. The standard InChI is InChI=1S/C13H16FN3O/c1-16-7-3-2-4-12(16)17-11-8-9(14)5-6-10(11)15-13(17)18/h5-6,8,12H,2-4,7H2,1H3,(H,15,18). The van der Waals surface area contributed by atoms with E-state index in [1.807, 2.05) is 7.05 Å². The van der Waals surface area contributed by atoms with Crippen LogP contribution in [0, 0.1) is 5.82 Å². The van der Waals surface area contributed by atoms with Gasteiger partial charge in [-0.3, -0.25) is 9.47 Å². The predicted molar refractivity (Wildman–Crippen MR) is 68.0 cm³/mol. The molecule has 2 heterocycles. The lowest BCUT2D eigenvalue weighted by atomic mass is 10.1. The third kappa shape index (κ3) is 1.75. The quantitative estimate of drug-likeness (QED) is 0.840. The minimum absolute atomic E-state index is 0.0294. The topological polar surface area (TPSA) is 41.0 Å². The number of nitrogens with one attached hydrogen (secondary N) is 1. The number of rotatable bonds is 1. The van der Waals surface area contributed by atoms with Crippen LogP contribution >= 0.6 is 0 Å². The smallest absolute Gasteiger partial charge is 0.305 e. The van der Waals surface area contributed by atoms with E-state index in [9.17, 15) is 9.18 Å². The molecule has 1 saturated heterocycles.